The fourth-order valence-electron chi connectivity index (χ4n) is 7.10. The summed E-state index contributed by atoms with van der Waals surface area (Å²) in [6.45, 7) is 0. The number of para-hydroxylation sites is 3. The van der Waals surface area contributed by atoms with Crippen LogP contribution in [-0.2, 0) is 0 Å². The number of hydrogen-bond acceptors (Lipinski definition) is 1. The summed E-state index contributed by atoms with van der Waals surface area (Å²) in [6, 6.07) is 18.0. The van der Waals surface area contributed by atoms with Gasteiger partial charge in [-0.05, 0) is 88.9 Å². The van der Waals surface area contributed by atoms with Gasteiger partial charge in [0.15, 0.2) is 0 Å². The van der Waals surface area contributed by atoms with E-state index in [2.05, 4.69) is 0 Å². The van der Waals surface area contributed by atoms with Gasteiger partial charge in [0.1, 0.15) is 11.2 Å². The number of furan rings is 1. The predicted molar refractivity (Wildman–Crippen MR) is 213 cm³/mol. The molecule has 0 atom stereocenters. The van der Waals surface area contributed by atoms with Crippen molar-refractivity contribution in [2.24, 2.45) is 0 Å². The zero-order chi connectivity index (χ0) is 47.4. The second-order valence-electron chi connectivity index (χ2n) is 12.1. The third-order valence-electron chi connectivity index (χ3n) is 9.36. The van der Waals surface area contributed by atoms with Crippen molar-refractivity contribution in [1.29, 1.82) is 0 Å². The fraction of sp³-hybridized carbons (Fsp3) is 0. The van der Waals surface area contributed by atoms with E-state index in [1.165, 1.54) is 0 Å². The summed E-state index contributed by atoms with van der Waals surface area (Å²) in [5.41, 5.74) is 2.75. The predicted octanol–water partition coefficient (Wildman–Crippen LogP) is 13.1. The van der Waals surface area contributed by atoms with Crippen molar-refractivity contribution >= 4 is 65.6 Å². The summed E-state index contributed by atoms with van der Waals surface area (Å²) >= 11 is 0. The molecule has 0 bridgehead atoms. The first-order valence-electron chi connectivity index (χ1n) is 24.1. The van der Waals surface area contributed by atoms with Gasteiger partial charge in [0.2, 0.25) is 0 Å². The molecule has 0 saturated carbocycles. The average molecular weight is 667 g/mol. The highest BCUT2D eigenvalue weighted by Gasteiger charge is 2.17. The Morgan fingerprint density at radius 3 is 1.59 bits per heavy atom. The molecule has 0 saturated heterocycles. The van der Waals surface area contributed by atoms with Crippen LogP contribution in [0.5, 0.6) is 0 Å². The number of nitrogens with zero attached hydrogens (tertiary/aromatic N) is 2. The van der Waals surface area contributed by atoms with E-state index in [-0.39, 0.29) is 51.4 Å². The van der Waals surface area contributed by atoms with Gasteiger partial charge in [-0.25, -0.2) is 0 Å². The summed E-state index contributed by atoms with van der Waals surface area (Å²) in [7, 11) is 0. The Morgan fingerprint density at radius 2 is 0.902 bits per heavy atom. The minimum Gasteiger partial charge on any atom is -0.456 e. The lowest BCUT2D eigenvalue weighted by Crippen LogP contribution is -1.94. The van der Waals surface area contributed by atoms with Gasteiger partial charge in [0.25, 0.3) is 0 Å². The Morgan fingerprint density at radius 1 is 0.373 bits per heavy atom. The molecule has 51 heavy (non-hydrogen) atoms. The van der Waals surface area contributed by atoms with Crippen LogP contribution < -0.4 is 0 Å². The molecule has 0 spiro atoms. The quantitative estimate of drug-likeness (QED) is 0.183. The van der Waals surface area contributed by atoms with Crippen LogP contribution in [0.3, 0.4) is 0 Å². The maximum atomic E-state index is 9.39. The van der Waals surface area contributed by atoms with Gasteiger partial charge in [-0.15, -0.1) is 0 Å². The molecule has 0 aliphatic rings. The monoisotopic (exact) mass is 666 g/mol. The van der Waals surface area contributed by atoms with Gasteiger partial charge < -0.3 is 13.6 Å². The number of hydrogen-bond donors (Lipinski definition) is 0. The molecular weight excluding hydrogens is 621 g/mol. The first-order chi connectivity index (χ1) is 32.0. The summed E-state index contributed by atoms with van der Waals surface area (Å²) in [4.78, 5) is 0. The number of fused-ring (bicyclic) bond motifs is 9. The first-order valence-corrected chi connectivity index (χ1v) is 16.1. The molecule has 238 valence electrons. The summed E-state index contributed by atoms with van der Waals surface area (Å²) in [5.74, 6) is 0. The Bertz CT molecular complexity index is 4020. The van der Waals surface area contributed by atoms with E-state index in [0.29, 0.717) is 22.1 Å². The van der Waals surface area contributed by atoms with Gasteiger partial charge >= 0.3 is 0 Å². The van der Waals surface area contributed by atoms with Gasteiger partial charge in [-0.2, -0.15) is 0 Å². The highest BCUT2D eigenvalue weighted by Crippen LogP contribution is 2.39. The standard InChI is InChI=1S/C48H30N2O/c1-2-10-31(11-3-1)32-18-22-35(23-19-32)49-43-15-7-4-12-37(43)41-28-33(20-26-45(41)49)34-21-27-46-42(29-34)38-13-5-8-16-44(38)50(46)36-24-25-40-39-14-6-9-17-47(39)51-48(40)30-36/h1-30H/i1D,2D,3D,6D,9D,10D,11D,14D,17D,18D,19D,22D,23D,24D,25D,30D. The lowest BCUT2D eigenvalue weighted by atomic mass is 10.0. The zero-order valence-corrected chi connectivity index (χ0v) is 26.4. The van der Waals surface area contributed by atoms with Crippen molar-refractivity contribution < 1.29 is 26.3 Å². The Balaban J connectivity index is 1.10. The summed E-state index contributed by atoms with van der Waals surface area (Å²) < 4.78 is 148. The van der Waals surface area contributed by atoms with E-state index >= 15 is 0 Å². The topological polar surface area (TPSA) is 23.0 Å². The first kappa shape index (κ1) is 16.7. The van der Waals surface area contributed by atoms with Crippen LogP contribution in [0.2, 0.25) is 0 Å². The maximum Gasteiger partial charge on any atom is 0.137 e. The maximum absolute atomic E-state index is 9.39. The van der Waals surface area contributed by atoms with E-state index in [1.807, 2.05) is 72.8 Å². The minimum absolute atomic E-state index is 0.0375. The Hall–Kier alpha value is -6.84. The molecule has 0 aliphatic heterocycles. The SMILES string of the molecule is [2H]c1c([2H])c([2H])c(-c2c([2H])c([2H])c(-n3c4ccccc4c4cc(-c5ccc6c(c5)c5ccccc5n6-c5c([2H])c([2H])c6c(oc7c([2H])c([2H])c([2H])c([2H])c76)c5[2H])ccc43)c([2H])c2[2H])c([2H])c1[2H]. The third kappa shape index (κ3) is 4.25. The second kappa shape index (κ2) is 10.8. The van der Waals surface area contributed by atoms with E-state index in [0.717, 1.165) is 32.7 Å². The number of rotatable bonds is 4. The van der Waals surface area contributed by atoms with Crippen molar-refractivity contribution in [2.75, 3.05) is 0 Å². The normalized spacial score (nSPS) is 16.3. The summed E-state index contributed by atoms with van der Waals surface area (Å²) in [5, 5.41) is 2.91. The van der Waals surface area contributed by atoms with Crippen LogP contribution in [0.25, 0.3) is 99.2 Å². The smallest absolute Gasteiger partial charge is 0.137 e. The molecule has 8 aromatic carbocycles. The molecule has 0 fully saturated rings. The molecule has 0 N–H and O–H groups in total. The summed E-state index contributed by atoms with van der Waals surface area (Å²) in [6.07, 6.45) is 0. The van der Waals surface area contributed by atoms with Crippen LogP contribution >= 0.6 is 0 Å². The fourth-order valence-corrected chi connectivity index (χ4v) is 7.10. The molecule has 3 heterocycles. The molecule has 3 heteroatoms. The Labute approximate surface area is 316 Å². The van der Waals surface area contributed by atoms with E-state index < -0.39 is 89.7 Å². The van der Waals surface area contributed by atoms with Crippen molar-refractivity contribution in [3.63, 3.8) is 0 Å². The molecule has 3 aromatic heterocycles. The highest BCUT2D eigenvalue weighted by atomic mass is 16.3. The third-order valence-corrected chi connectivity index (χ3v) is 9.36. The van der Waals surface area contributed by atoms with Crippen molar-refractivity contribution in [1.82, 2.24) is 9.13 Å². The van der Waals surface area contributed by atoms with E-state index in [1.54, 1.807) is 21.3 Å². The van der Waals surface area contributed by atoms with Crippen molar-refractivity contribution in [3.8, 4) is 33.6 Å². The van der Waals surface area contributed by atoms with Crippen LogP contribution in [0.1, 0.15) is 21.9 Å². The molecule has 0 amide bonds. The average Bonchev–Trinajstić information content (AvgIpc) is 4.00. The lowest BCUT2D eigenvalue weighted by Gasteiger charge is -2.10. The van der Waals surface area contributed by atoms with Gasteiger partial charge in [0, 0.05) is 49.7 Å². The molecule has 0 aliphatic carbocycles. The lowest BCUT2D eigenvalue weighted by molar-refractivity contribution is 0.668. The second-order valence-corrected chi connectivity index (χ2v) is 12.1. The van der Waals surface area contributed by atoms with Crippen LogP contribution in [0.15, 0.2) is 186 Å². The molecular formula is C48H30N2O. The van der Waals surface area contributed by atoms with E-state index in [9.17, 15) is 5.48 Å². The van der Waals surface area contributed by atoms with Crippen LogP contribution in [-0.4, -0.2) is 9.13 Å². The molecule has 11 aromatic rings. The highest BCUT2D eigenvalue weighted by molar-refractivity contribution is 6.13. The zero-order valence-electron chi connectivity index (χ0n) is 42.4. The largest absolute Gasteiger partial charge is 0.456 e. The van der Waals surface area contributed by atoms with Crippen molar-refractivity contribution in [3.05, 3.63) is 182 Å². The molecule has 3 nitrogen and oxygen atoms in total. The number of benzene rings is 8. The van der Waals surface area contributed by atoms with Crippen molar-refractivity contribution in [2.45, 2.75) is 0 Å². The van der Waals surface area contributed by atoms with Gasteiger partial charge in [0.05, 0.1) is 44.0 Å². The van der Waals surface area contributed by atoms with Crippen LogP contribution in [0, 0.1) is 0 Å². The van der Waals surface area contributed by atoms with Crippen LogP contribution in [0.4, 0.5) is 0 Å². The molecule has 0 radical (unpaired) electrons. The van der Waals surface area contributed by atoms with E-state index in [4.69, 9.17) is 20.9 Å². The molecule has 11 rings (SSSR count). The van der Waals surface area contributed by atoms with Gasteiger partial charge in [-0.3, -0.25) is 0 Å². The Kier molecular flexibility index (Phi) is 3.55. The number of aromatic nitrogens is 2. The van der Waals surface area contributed by atoms with Gasteiger partial charge in [-0.1, -0.05) is 109 Å². The molecule has 0 unspecified atom stereocenters. The minimum atomic E-state index is -0.656.